The second kappa shape index (κ2) is 13.9. The van der Waals surface area contributed by atoms with Crippen LogP contribution in [-0.4, -0.2) is 9.61 Å². The molecular weight excluding hydrogens is 665 g/mol. The first-order valence-electron chi connectivity index (χ1n) is 18.8. The van der Waals surface area contributed by atoms with E-state index in [1.54, 1.807) is 0 Å². The molecule has 0 amide bonds. The highest BCUT2D eigenvalue weighted by molar-refractivity contribution is 6.11. The molecule has 0 radical (unpaired) electrons. The van der Waals surface area contributed by atoms with Crippen molar-refractivity contribution in [2.75, 3.05) is 0 Å². The molecule has 0 bridgehead atoms. The molecule has 8 aromatic carbocycles. The number of hydrogen-bond acceptors (Lipinski definition) is 1. The summed E-state index contributed by atoms with van der Waals surface area (Å²) in [5.74, 6) is 0. The highest BCUT2D eigenvalue weighted by Gasteiger charge is 2.23. The summed E-state index contributed by atoms with van der Waals surface area (Å²) in [5, 5.41) is 7.89. The lowest BCUT2D eigenvalue weighted by Crippen LogP contribution is -1.97. The molecular formula is C53H36N2. The largest absolute Gasteiger partial charge is 0.231 e. The highest BCUT2D eigenvalue weighted by atomic mass is 15.2. The second-order valence-electron chi connectivity index (χ2n) is 14.0. The van der Waals surface area contributed by atoms with Gasteiger partial charge in [-0.05, 0) is 73.7 Å². The van der Waals surface area contributed by atoms with Crippen LogP contribution in [0.25, 0.3) is 94.4 Å². The monoisotopic (exact) mass is 700 g/mol. The van der Waals surface area contributed by atoms with Crippen LogP contribution in [0.5, 0.6) is 0 Å². The first-order valence-corrected chi connectivity index (χ1v) is 18.8. The van der Waals surface area contributed by atoms with E-state index >= 15 is 0 Å². The lowest BCUT2D eigenvalue weighted by Gasteiger charge is -2.16. The maximum Gasteiger partial charge on any atom is 0.101 e. The summed E-state index contributed by atoms with van der Waals surface area (Å²) in [6, 6.07) is 78.2. The Morgan fingerprint density at radius 2 is 0.691 bits per heavy atom. The molecule has 0 fully saturated rings. The Kier molecular flexibility index (Phi) is 8.20. The molecule has 0 saturated carbocycles. The van der Waals surface area contributed by atoms with Crippen molar-refractivity contribution in [1.29, 1.82) is 0 Å². The van der Waals surface area contributed by atoms with Crippen LogP contribution in [0.2, 0.25) is 0 Å². The third-order valence-corrected chi connectivity index (χ3v) is 10.6. The fourth-order valence-corrected chi connectivity index (χ4v) is 7.90. The molecule has 0 atom stereocenters. The lowest BCUT2D eigenvalue weighted by molar-refractivity contribution is 0.979. The maximum atomic E-state index is 5.57. The molecule has 0 aliphatic carbocycles. The van der Waals surface area contributed by atoms with Gasteiger partial charge < -0.3 is 0 Å². The first-order chi connectivity index (χ1) is 27.3. The number of rotatable bonds is 7. The SMILES string of the molecule is c1ccc(-c2ccc(-c3nn4c(-c5ccccc5)cc5cc(-c6ccccc6)c(-c6ccccc6)cc5c4c3-c3ccc(-c4ccccc4)cc3)cc2)cc1. The van der Waals surface area contributed by atoms with Crippen molar-refractivity contribution in [2.24, 2.45) is 0 Å². The van der Waals surface area contributed by atoms with Crippen molar-refractivity contribution >= 4 is 16.3 Å². The van der Waals surface area contributed by atoms with Crippen molar-refractivity contribution < 1.29 is 0 Å². The molecule has 0 aliphatic heterocycles. The smallest absolute Gasteiger partial charge is 0.101 e. The number of nitrogens with zero attached hydrogens (tertiary/aromatic N) is 2. The van der Waals surface area contributed by atoms with E-state index in [1.165, 1.54) is 44.5 Å². The Morgan fingerprint density at radius 3 is 1.18 bits per heavy atom. The Labute approximate surface area is 321 Å². The molecule has 10 rings (SSSR count). The molecule has 258 valence electrons. The average Bonchev–Trinajstić information content (AvgIpc) is 3.68. The van der Waals surface area contributed by atoms with Crippen molar-refractivity contribution in [3.8, 4) is 78.1 Å². The summed E-state index contributed by atoms with van der Waals surface area (Å²) >= 11 is 0. The van der Waals surface area contributed by atoms with Crippen molar-refractivity contribution in [1.82, 2.24) is 9.61 Å². The number of fused-ring (bicyclic) bond motifs is 3. The number of pyridine rings is 1. The molecule has 10 aromatic rings. The zero-order valence-electron chi connectivity index (χ0n) is 30.2. The molecule has 55 heavy (non-hydrogen) atoms. The molecule has 0 aliphatic rings. The van der Waals surface area contributed by atoms with Crippen LogP contribution >= 0.6 is 0 Å². The summed E-state index contributed by atoms with van der Waals surface area (Å²) in [4.78, 5) is 0. The summed E-state index contributed by atoms with van der Waals surface area (Å²) in [5.41, 5.74) is 17.0. The predicted molar refractivity (Wildman–Crippen MR) is 231 cm³/mol. The zero-order valence-corrected chi connectivity index (χ0v) is 30.2. The van der Waals surface area contributed by atoms with E-state index in [0.717, 1.165) is 49.9 Å². The van der Waals surface area contributed by atoms with E-state index in [1.807, 2.05) is 0 Å². The standard InChI is InChI=1S/C53H36N2/c1-6-16-37(17-7-1)39-26-30-44(31-27-39)51-52(45-32-28-40(29-33-45)38-18-8-2-9-19-38)54-55-50(43-24-14-5-15-25-43)35-46-34-47(41-20-10-3-11-21-41)48(36-49(46)53(51)55)42-22-12-4-13-23-42/h1-36H. The van der Waals surface area contributed by atoms with E-state index in [-0.39, 0.29) is 0 Å². The Bertz CT molecular complexity index is 2900. The molecule has 2 aromatic heterocycles. The highest BCUT2D eigenvalue weighted by Crippen LogP contribution is 2.44. The fourth-order valence-electron chi connectivity index (χ4n) is 7.90. The molecule has 0 N–H and O–H groups in total. The Morgan fingerprint density at radius 1 is 0.309 bits per heavy atom. The summed E-state index contributed by atoms with van der Waals surface area (Å²) in [6.07, 6.45) is 0. The van der Waals surface area contributed by atoms with E-state index in [0.29, 0.717) is 0 Å². The van der Waals surface area contributed by atoms with Gasteiger partial charge in [-0.2, -0.15) is 5.10 Å². The predicted octanol–water partition coefficient (Wildman–Crippen LogP) is 14.2. The van der Waals surface area contributed by atoms with Gasteiger partial charge in [0, 0.05) is 22.1 Å². The topological polar surface area (TPSA) is 17.3 Å². The summed E-state index contributed by atoms with van der Waals surface area (Å²) < 4.78 is 2.19. The van der Waals surface area contributed by atoms with E-state index in [9.17, 15) is 0 Å². The van der Waals surface area contributed by atoms with Gasteiger partial charge in [0.1, 0.15) is 5.69 Å². The minimum atomic E-state index is 0.949. The second-order valence-corrected chi connectivity index (χ2v) is 14.0. The molecule has 0 saturated heterocycles. The number of hydrogen-bond donors (Lipinski definition) is 0. The van der Waals surface area contributed by atoms with Gasteiger partial charge in [0.2, 0.25) is 0 Å². The van der Waals surface area contributed by atoms with Crippen molar-refractivity contribution in [3.63, 3.8) is 0 Å². The third-order valence-electron chi connectivity index (χ3n) is 10.6. The van der Waals surface area contributed by atoms with Crippen LogP contribution in [0, 0.1) is 0 Å². The van der Waals surface area contributed by atoms with Gasteiger partial charge in [-0.1, -0.05) is 200 Å². The van der Waals surface area contributed by atoms with Gasteiger partial charge >= 0.3 is 0 Å². The minimum absolute atomic E-state index is 0.949. The first kappa shape index (κ1) is 32.4. The van der Waals surface area contributed by atoms with Crippen LogP contribution in [0.15, 0.2) is 218 Å². The van der Waals surface area contributed by atoms with Crippen molar-refractivity contribution in [3.05, 3.63) is 218 Å². The molecule has 2 nitrogen and oxygen atoms in total. The average molecular weight is 701 g/mol. The maximum absolute atomic E-state index is 5.57. The van der Waals surface area contributed by atoms with E-state index in [2.05, 4.69) is 223 Å². The molecule has 0 unspecified atom stereocenters. The normalized spacial score (nSPS) is 11.3. The van der Waals surface area contributed by atoms with Crippen LogP contribution in [0.1, 0.15) is 0 Å². The quantitative estimate of drug-likeness (QED) is 0.162. The minimum Gasteiger partial charge on any atom is -0.231 e. The Hall–Kier alpha value is -7.29. The van der Waals surface area contributed by atoms with Gasteiger partial charge in [0.15, 0.2) is 0 Å². The third kappa shape index (κ3) is 6.00. The van der Waals surface area contributed by atoms with Gasteiger partial charge in [0.05, 0.1) is 11.2 Å². The van der Waals surface area contributed by atoms with Gasteiger partial charge in [-0.25, -0.2) is 4.52 Å². The Balaban J connectivity index is 1.30. The molecule has 2 heterocycles. The summed E-state index contributed by atoms with van der Waals surface area (Å²) in [6.45, 7) is 0. The zero-order chi connectivity index (χ0) is 36.6. The van der Waals surface area contributed by atoms with Crippen LogP contribution in [0.3, 0.4) is 0 Å². The molecule has 2 heteroatoms. The van der Waals surface area contributed by atoms with Gasteiger partial charge in [-0.15, -0.1) is 0 Å². The van der Waals surface area contributed by atoms with Crippen LogP contribution in [0.4, 0.5) is 0 Å². The number of aromatic nitrogens is 2. The van der Waals surface area contributed by atoms with Crippen molar-refractivity contribution in [2.45, 2.75) is 0 Å². The van der Waals surface area contributed by atoms with Gasteiger partial charge in [-0.3, -0.25) is 0 Å². The van der Waals surface area contributed by atoms with Gasteiger partial charge in [0.25, 0.3) is 0 Å². The fraction of sp³-hybridized carbons (Fsp3) is 0. The summed E-state index contributed by atoms with van der Waals surface area (Å²) in [7, 11) is 0. The lowest BCUT2D eigenvalue weighted by atomic mass is 9.89. The van der Waals surface area contributed by atoms with Crippen LogP contribution in [-0.2, 0) is 0 Å². The number of benzene rings is 8. The van der Waals surface area contributed by atoms with E-state index < -0.39 is 0 Å². The molecule has 0 spiro atoms. The van der Waals surface area contributed by atoms with E-state index in [4.69, 9.17) is 5.10 Å². The van der Waals surface area contributed by atoms with Crippen LogP contribution < -0.4 is 0 Å².